The fraction of sp³-hybridized carbons (Fsp3) is 0.222. The minimum atomic E-state index is -1.09. The van der Waals surface area contributed by atoms with Crippen molar-refractivity contribution >= 4 is 17.4 Å². The van der Waals surface area contributed by atoms with E-state index in [1.54, 1.807) is 36.4 Å². The van der Waals surface area contributed by atoms with Gasteiger partial charge in [0.1, 0.15) is 0 Å². The molecule has 0 spiro atoms. The SMILES string of the molecule is CCN(CC)c1cccc(C(=O)O)c1C(=O)c1ccccc1. The first-order chi connectivity index (χ1) is 10.6. The van der Waals surface area contributed by atoms with Gasteiger partial charge in [0, 0.05) is 24.3 Å². The van der Waals surface area contributed by atoms with Crippen molar-refractivity contribution in [3.8, 4) is 0 Å². The molecule has 2 aromatic carbocycles. The zero-order valence-corrected chi connectivity index (χ0v) is 12.7. The van der Waals surface area contributed by atoms with Crippen molar-refractivity contribution in [3.63, 3.8) is 0 Å². The Balaban J connectivity index is 2.65. The lowest BCUT2D eigenvalue weighted by Crippen LogP contribution is -2.25. The standard InChI is InChI=1S/C18H19NO3/c1-3-19(4-2)15-12-8-11-14(18(21)22)16(15)17(20)13-9-6-5-7-10-13/h5-12H,3-4H2,1-2H3,(H,21,22). The third-order valence-corrected chi connectivity index (χ3v) is 3.64. The fourth-order valence-corrected chi connectivity index (χ4v) is 2.52. The Morgan fingerprint density at radius 3 is 2.14 bits per heavy atom. The molecule has 0 amide bonds. The van der Waals surface area contributed by atoms with Gasteiger partial charge in [0.05, 0.1) is 11.1 Å². The molecule has 0 heterocycles. The Bertz CT molecular complexity index is 676. The van der Waals surface area contributed by atoms with E-state index in [-0.39, 0.29) is 16.9 Å². The summed E-state index contributed by atoms with van der Waals surface area (Å²) in [4.78, 5) is 26.4. The Labute approximate surface area is 130 Å². The van der Waals surface area contributed by atoms with Crippen LogP contribution in [0.1, 0.15) is 40.1 Å². The highest BCUT2D eigenvalue weighted by molar-refractivity contribution is 6.17. The highest BCUT2D eigenvalue weighted by atomic mass is 16.4. The Hall–Kier alpha value is -2.62. The van der Waals surface area contributed by atoms with Crippen molar-refractivity contribution in [1.29, 1.82) is 0 Å². The second-order valence-electron chi connectivity index (χ2n) is 4.87. The third kappa shape index (κ3) is 3.01. The number of ketones is 1. The molecule has 0 unspecified atom stereocenters. The molecule has 2 aromatic rings. The average molecular weight is 297 g/mol. The first-order valence-electron chi connectivity index (χ1n) is 7.31. The van der Waals surface area contributed by atoms with Gasteiger partial charge in [-0.1, -0.05) is 36.4 Å². The van der Waals surface area contributed by atoms with Crippen LogP contribution in [0.2, 0.25) is 0 Å². The van der Waals surface area contributed by atoms with Crippen molar-refractivity contribution in [2.45, 2.75) is 13.8 Å². The first-order valence-corrected chi connectivity index (χ1v) is 7.31. The lowest BCUT2D eigenvalue weighted by molar-refractivity contribution is 0.0693. The van der Waals surface area contributed by atoms with Gasteiger partial charge in [0.2, 0.25) is 0 Å². The summed E-state index contributed by atoms with van der Waals surface area (Å²) in [5.74, 6) is -1.35. The van der Waals surface area contributed by atoms with Crippen LogP contribution in [0.15, 0.2) is 48.5 Å². The summed E-state index contributed by atoms with van der Waals surface area (Å²) in [5, 5.41) is 9.44. The number of hydrogen-bond acceptors (Lipinski definition) is 3. The van der Waals surface area contributed by atoms with E-state index >= 15 is 0 Å². The molecule has 0 aromatic heterocycles. The van der Waals surface area contributed by atoms with Crippen molar-refractivity contribution in [2.24, 2.45) is 0 Å². The summed E-state index contributed by atoms with van der Waals surface area (Å²) in [6.07, 6.45) is 0. The largest absolute Gasteiger partial charge is 0.478 e. The Morgan fingerprint density at radius 1 is 0.955 bits per heavy atom. The summed E-state index contributed by atoms with van der Waals surface area (Å²) in [6.45, 7) is 5.37. The number of carbonyl (C=O) groups excluding carboxylic acids is 1. The van der Waals surface area contributed by atoms with Gasteiger partial charge in [0.25, 0.3) is 0 Å². The number of hydrogen-bond donors (Lipinski definition) is 1. The van der Waals surface area contributed by atoms with E-state index in [0.717, 1.165) is 0 Å². The number of nitrogens with zero attached hydrogens (tertiary/aromatic N) is 1. The fourth-order valence-electron chi connectivity index (χ4n) is 2.52. The summed E-state index contributed by atoms with van der Waals surface area (Å²) < 4.78 is 0. The minimum absolute atomic E-state index is 0.0400. The minimum Gasteiger partial charge on any atom is -0.478 e. The normalized spacial score (nSPS) is 10.3. The predicted octanol–water partition coefficient (Wildman–Crippen LogP) is 3.46. The van der Waals surface area contributed by atoms with Crippen LogP contribution >= 0.6 is 0 Å². The summed E-state index contributed by atoms with van der Waals surface area (Å²) >= 11 is 0. The summed E-state index contributed by atoms with van der Waals surface area (Å²) in [5.41, 5.74) is 1.45. The second-order valence-corrected chi connectivity index (χ2v) is 4.87. The van der Waals surface area contributed by atoms with E-state index in [2.05, 4.69) is 0 Å². The Morgan fingerprint density at radius 2 is 1.59 bits per heavy atom. The van der Waals surface area contributed by atoms with Crippen LogP contribution in [0.25, 0.3) is 0 Å². The average Bonchev–Trinajstić information content (AvgIpc) is 2.56. The molecule has 0 aliphatic heterocycles. The van der Waals surface area contributed by atoms with E-state index < -0.39 is 5.97 Å². The van der Waals surface area contributed by atoms with Crippen LogP contribution in [-0.2, 0) is 0 Å². The number of rotatable bonds is 6. The zero-order chi connectivity index (χ0) is 16.1. The van der Waals surface area contributed by atoms with Gasteiger partial charge >= 0.3 is 5.97 Å². The highest BCUT2D eigenvalue weighted by Gasteiger charge is 2.23. The lowest BCUT2D eigenvalue weighted by atomic mass is 9.95. The molecule has 2 rings (SSSR count). The van der Waals surface area contributed by atoms with Crippen LogP contribution in [0.5, 0.6) is 0 Å². The molecule has 0 fully saturated rings. The van der Waals surface area contributed by atoms with Crippen LogP contribution in [0.4, 0.5) is 5.69 Å². The maximum absolute atomic E-state index is 12.8. The molecular formula is C18H19NO3. The number of carboxylic acids is 1. The maximum atomic E-state index is 12.8. The smallest absolute Gasteiger partial charge is 0.336 e. The van der Waals surface area contributed by atoms with Gasteiger partial charge in [0.15, 0.2) is 5.78 Å². The number of benzene rings is 2. The van der Waals surface area contributed by atoms with Crippen LogP contribution in [-0.4, -0.2) is 29.9 Å². The van der Waals surface area contributed by atoms with Gasteiger partial charge in [-0.05, 0) is 26.0 Å². The highest BCUT2D eigenvalue weighted by Crippen LogP contribution is 2.27. The molecule has 0 saturated heterocycles. The van der Waals surface area contributed by atoms with Crippen LogP contribution in [0.3, 0.4) is 0 Å². The monoisotopic (exact) mass is 297 g/mol. The van der Waals surface area contributed by atoms with E-state index in [0.29, 0.717) is 24.3 Å². The molecule has 0 aliphatic carbocycles. The number of anilines is 1. The molecule has 0 aliphatic rings. The maximum Gasteiger partial charge on any atom is 0.336 e. The number of aromatic carboxylic acids is 1. The molecule has 0 bridgehead atoms. The van der Waals surface area contributed by atoms with Crippen molar-refractivity contribution in [1.82, 2.24) is 0 Å². The second kappa shape index (κ2) is 6.89. The number of carbonyl (C=O) groups is 2. The van der Waals surface area contributed by atoms with Crippen LogP contribution in [0, 0.1) is 0 Å². The van der Waals surface area contributed by atoms with Gasteiger partial charge in [-0.3, -0.25) is 4.79 Å². The predicted molar refractivity (Wildman–Crippen MR) is 86.8 cm³/mol. The van der Waals surface area contributed by atoms with E-state index in [9.17, 15) is 14.7 Å². The molecule has 114 valence electrons. The molecular weight excluding hydrogens is 278 g/mol. The van der Waals surface area contributed by atoms with Gasteiger partial charge in [-0.15, -0.1) is 0 Å². The summed E-state index contributed by atoms with van der Waals surface area (Å²) in [6, 6.07) is 13.7. The molecule has 1 N–H and O–H groups in total. The molecule has 4 nitrogen and oxygen atoms in total. The number of carboxylic acid groups (broad SMARTS) is 1. The van der Waals surface area contributed by atoms with E-state index in [1.165, 1.54) is 6.07 Å². The molecule has 4 heteroatoms. The molecule has 0 atom stereocenters. The van der Waals surface area contributed by atoms with E-state index in [4.69, 9.17) is 0 Å². The topological polar surface area (TPSA) is 57.6 Å². The molecule has 22 heavy (non-hydrogen) atoms. The van der Waals surface area contributed by atoms with Crippen molar-refractivity contribution < 1.29 is 14.7 Å². The summed E-state index contributed by atoms with van der Waals surface area (Å²) in [7, 11) is 0. The van der Waals surface area contributed by atoms with Crippen molar-refractivity contribution in [2.75, 3.05) is 18.0 Å². The van der Waals surface area contributed by atoms with Gasteiger partial charge < -0.3 is 10.0 Å². The molecule has 0 radical (unpaired) electrons. The van der Waals surface area contributed by atoms with Gasteiger partial charge in [-0.2, -0.15) is 0 Å². The zero-order valence-electron chi connectivity index (χ0n) is 12.7. The quantitative estimate of drug-likeness (QED) is 0.830. The van der Waals surface area contributed by atoms with Crippen LogP contribution < -0.4 is 4.90 Å². The lowest BCUT2D eigenvalue weighted by Gasteiger charge is -2.24. The van der Waals surface area contributed by atoms with Crippen molar-refractivity contribution in [3.05, 3.63) is 65.2 Å². The molecule has 0 saturated carbocycles. The third-order valence-electron chi connectivity index (χ3n) is 3.64. The van der Waals surface area contributed by atoms with E-state index in [1.807, 2.05) is 24.8 Å². The Kier molecular flexibility index (Phi) is 4.94. The first kappa shape index (κ1) is 15.8. The van der Waals surface area contributed by atoms with Gasteiger partial charge in [-0.25, -0.2) is 4.79 Å².